The molecule has 116 valence electrons. The van der Waals surface area contributed by atoms with Gasteiger partial charge in [0.05, 0.1) is 6.10 Å². The number of hydrogen-bond donors (Lipinski definition) is 1. The minimum absolute atomic E-state index is 0.0168. The number of ketones is 1. The Morgan fingerprint density at radius 1 is 1.10 bits per heavy atom. The first kappa shape index (κ1) is 14.0. The average molecular weight is 288 g/mol. The predicted molar refractivity (Wildman–Crippen MR) is 82.7 cm³/mol. The van der Waals surface area contributed by atoms with Gasteiger partial charge in [-0.25, -0.2) is 0 Å². The molecule has 1 unspecified atom stereocenters. The van der Waals surface area contributed by atoms with E-state index in [-0.39, 0.29) is 11.5 Å². The van der Waals surface area contributed by atoms with Gasteiger partial charge in [-0.05, 0) is 68.1 Å². The monoisotopic (exact) mass is 288 g/mol. The zero-order chi connectivity index (χ0) is 14.8. The van der Waals surface area contributed by atoms with E-state index in [9.17, 15) is 9.90 Å². The fourth-order valence-electron chi connectivity index (χ4n) is 6.41. The highest BCUT2D eigenvalue weighted by Gasteiger charge is 2.58. The summed E-state index contributed by atoms with van der Waals surface area (Å²) in [5, 5.41) is 10.00. The van der Waals surface area contributed by atoms with Crippen LogP contribution in [0.15, 0.2) is 11.6 Å². The van der Waals surface area contributed by atoms with Gasteiger partial charge in [0.25, 0.3) is 0 Å². The number of fused-ring (bicyclic) bond motifs is 5. The lowest BCUT2D eigenvalue weighted by molar-refractivity contribution is -0.132. The summed E-state index contributed by atoms with van der Waals surface area (Å²) in [6, 6.07) is 0. The Morgan fingerprint density at radius 2 is 1.81 bits per heavy atom. The molecule has 0 aromatic rings. The summed E-state index contributed by atoms with van der Waals surface area (Å²) in [5.41, 5.74) is 1.81. The Hall–Kier alpha value is -0.630. The van der Waals surface area contributed by atoms with Crippen molar-refractivity contribution in [3.05, 3.63) is 11.6 Å². The van der Waals surface area contributed by atoms with Crippen LogP contribution in [0.4, 0.5) is 0 Å². The lowest BCUT2D eigenvalue weighted by atomic mass is 9.48. The molecule has 0 aromatic heterocycles. The fourth-order valence-corrected chi connectivity index (χ4v) is 6.41. The molecule has 1 N–H and O–H groups in total. The number of Topliss-reactive ketones (excluding diaryl/α,β-unsaturated/α-hetero) is 1. The van der Waals surface area contributed by atoms with Gasteiger partial charge in [0.1, 0.15) is 5.78 Å². The summed E-state index contributed by atoms with van der Waals surface area (Å²) in [7, 11) is 0. The van der Waals surface area contributed by atoms with E-state index < -0.39 is 0 Å². The van der Waals surface area contributed by atoms with Crippen LogP contribution in [-0.4, -0.2) is 17.0 Å². The van der Waals surface area contributed by atoms with Gasteiger partial charge in [-0.3, -0.25) is 4.79 Å². The van der Waals surface area contributed by atoms with Crippen molar-refractivity contribution in [2.75, 3.05) is 0 Å². The summed E-state index contributed by atoms with van der Waals surface area (Å²) >= 11 is 0. The number of rotatable bonds is 0. The quantitative estimate of drug-likeness (QED) is 0.687. The lowest BCUT2D eigenvalue weighted by Gasteiger charge is -2.56. The van der Waals surface area contributed by atoms with Crippen LogP contribution in [0.25, 0.3) is 0 Å². The van der Waals surface area contributed by atoms with Crippen molar-refractivity contribution in [2.24, 2.45) is 28.6 Å². The molecule has 21 heavy (non-hydrogen) atoms. The van der Waals surface area contributed by atoms with Crippen LogP contribution in [0.1, 0.15) is 65.2 Å². The van der Waals surface area contributed by atoms with Crippen molar-refractivity contribution in [1.29, 1.82) is 0 Å². The molecule has 0 aromatic carbocycles. The standard InChI is InChI=1S/C19H28O2/c1-18-9-7-13(20)11-12(18)3-4-14-15-5-6-17(21)19(15,2)10-8-16(14)18/h3,13-16,20H,4-11H2,1-2H3/t13-,14+,15?,16+,18-,19-/m0/s1. The maximum Gasteiger partial charge on any atom is 0.139 e. The summed E-state index contributed by atoms with van der Waals surface area (Å²) < 4.78 is 0. The third-order valence-electron chi connectivity index (χ3n) is 7.79. The number of allylic oxidation sites excluding steroid dienone is 1. The highest BCUT2D eigenvalue weighted by atomic mass is 16.3. The molecular formula is C19H28O2. The van der Waals surface area contributed by atoms with E-state index >= 15 is 0 Å². The minimum atomic E-state index is -0.122. The Balaban J connectivity index is 1.69. The number of carbonyl (C=O) groups is 1. The van der Waals surface area contributed by atoms with E-state index in [1.165, 1.54) is 12.0 Å². The van der Waals surface area contributed by atoms with E-state index in [2.05, 4.69) is 19.9 Å². The number of aliphatic hydroxyl groups is 1. The van der Waals surface area contributed by atoms with E-state index in [1.54, 1.807) is 0 Å². The number of hydrogen-bond acceptors (Lipinski definition) is 2. The van der Waals surface area contributed by atoms with Crippen molar-refractivity contribution in [3.63, 3.8) is 0 Å². The van der Waals surface area contributed by atoms with Gasteiger partial charge in [0, 0.05) is 11.8 Å². The van der Waals surface area contributed by atoms with Gasteiger partial charge in [-0.1, -0.05) is 25.5 Å². The van der Waals surface area contributed by atoms with E-state index in [0.29, 0.717) is 23.0 Å². The van der Waals surface area contributed by atoms with Gasteiger partial charge in [-0.15, -0.1) is 0 Å². The molecule has 0 radical (unpaired) electrons. The molecule has 4 rings (SSSR count). The van der Waals surface area contributed by atoms with E-state index in [1.807, 2.05) is 0 Å². The van der Waals surface area contributed by atoms with Gasteiger partial charge >= 0.3 is 0 Å². The van der Waals surface area contributed by atoms with Crippen LogP contribution in [0.3, 0.4) is 0 Å². The molecule has 3 saturated carbocycles. The summed E-state index contributed by atoms with van der Waals surface area (Å²) in [5.74, 6) is 2.60. The molecule has 2 heteroatoms. The Morgan fingerprint density at radius 3 is 2.62 bits per heavy atom. The highest BCUT2D eigenvalue weighted by Crippen LogP contribution is 2.63. The first-order chi connectivity index (χ1) is 9.95. The molecule has 4 aliphatic rings. The Bertz CT molecular complexity index is 508. The second kappa shape index (κ2) is 4.44. The van der Waals surface area contributed by atoms with Crippen molar-refractivity contribution >= 4 is 5.78 Å². The van der Waals surface area contributed by atoms with Crippen LogP contribution in [-0.2, 0) is 4.79 Å². The maximum absolute atomic E-state index is 12.4. The molecule has 3 fully saturated rings. The van der Waals surface area contributed by atoms with Crippen LogP contribution in [0.2, 0.25) is 0 Å². The second-order valence-electron chi connectivity index (χ2n) is 8.57. The SMILES string of the molecule is C[C@]12CC[C@H](O)CC1=CC[C@@H]1C3CCC(=O)[C@@]3(C)CC[C@H]12. The lowest BCUT2D eigenvalue weighted by Crippen LogP contribution is -2.50. The van der Waals surface area contributed by atoms with Crippen LogP contribution < -0.4 is 0 Å². The maximum atomic E-state index is 12.4. The van der Waals surface area contributed by atoms with Crippen LogP contribution >= 0.6 is 0 Å². The molecule has 0 spiro atoms. The zero-order valence-corrected chi connectivity index (χ0v) is 13.4. The molecule has 2 nitrogen and oxygen atoms in total. The molecule has 4 aliphatic carbocycles. The largest absolute Gasteiger partial charge is 0.393 e. The number of carbonyl (C=O) groups excluding carboxylic acids is 1. The van der Waals surface area contributed by atoms with Crippen molar-refractivity contribution < 1.29 is 9.90 Å². The smallest absolute Gasteiger partial charge is 0.139 e. The first-order valence-corrected chi connectivity index (χ1v) is 8.86. The molecular weight excluding hydrogens is 260 g/mol. The fraction of sp³-hybridized carbons (Fsp3) is 0.842. The normalized spacial score (nSPS) is 52.7. The molecule has 0 amide bonds. The number of aliphatic hydroxyl groups excluding tert-OH is 1. The average Bonchev–Trinajstić information content (AvgIpc) is 2.76. The van der Waals surface area contributed by atoms with Gasteiger partial charge in [0.15, 0.2) is 0 Å². The summed E-state index contributed by atoms with van der Waals surface area (Å²) in [4.78, 5) is 12.4. The van der Waals surface area contributed by atoms with Crippen molar-refractivity contribution in [2.45, 2.75) is 71.3 Å². The Labute approximate surface area is 128 Å². The van der Waals surface area contributed by atoms with Crippen molar-refractivity contribution in [1.82, 2.24) is 0 Å². The molecule has 0 saturated heterocycles. The third-order valence-corrected chi connectivity index (χ3v) is 7.79. The summed E-state index contributed by atoms with van der Waals surface area (Å²) in [6.07, 6.45) is 10.7. The van der Waals surface area contributed by atoms with Crippen LogP contribution in [0, 0.1) is 28.6 Å². The Kier molecular flexibility index (Phi) is 2.96. The molecule has 0 aliphatic heterocycles. The predicted octanol–water partition coefficient (Wildman–Crippen LogP) is 3.88. The van der Waals surface area contributed by atoms with Gasteiger partial charge in [-0.2, -0.15) is 0 Å². The van der Waals surface area contributed by atoms with Crippen LogP contribution in [0.5, 0.6) is 0 Å². The van der Waals surface area contributed by atoms with E-state index in [0.717, 1.165) is 50.9 Å². The topological polar surface area (TPSA) is 37.3 Å². The second-order valence-corrected chi connectivity index (χ2v) is 8.57. The molecule has 6 atom stereocenters. The molecule has 0 bridgehead atoms. The zero-order valence-electron chi connectivity index (χ0n) is 13.4. The van der Waals surface area contributed by atoms with Gasteiger partial charge in [0.2, 0.25) is 0 Å². The summed E-state index contributed by atoms with van der Waals surface area (Å²) in [6.45, 7) is 4.69. The van der Waals surface area contributed by atoms with Gasteiger partial charge < -0.3 is 5.11 Å². The van der Waals surface area contributed by atoms with Crippen molar-refractivity contribution in [3.8, 4) is 0 Å². The van der Waals surface area contributed by atoms with E-state index in [4.69, 9.17) is 0 Å². The first-order valence-electron chi connectivity index (χ1n) is 8.86. The minimum Gasteiger partial charge on any atom is -0.393 e. The molecule has 0 heterocycles. The third kappa shape index (κ3) is 1.78. The highest BCUT2D eigenvalue weighted by molar-refractivity contribution is 5.87.